The maximum Gasteiger partial charge on any atom is 0.239 e. The lowest BCUT2D eigenvalue weighted by Crippen LogP contribution is -2.29. The third-order valence-electron chi connectivity index (χ3n) is 3.93. The van der Waals surface area contributed by atoms with Crippen LogP contribution in [0, 0.1) is 11.6 Å². The zero-order valence-corrected chi connectivity index (χ0v) is 15.1. The van der Waals surface area contributed by atoms with Gasteiger partial charge in [-0.3, -0.25) is 5.10 Å². The summed E-state index contributed by atoms with van der Waals surface area (Å²) in [5, 5.41) is 7.57. The number of aromatic nitrogens is 3. The molecular weight excluding hydrogens is 362 g/mol. The second kappa shape index (κ2) is 6.99. The average molecular weight is 380 g/mol. The Hall–Kier alpha value is -2.55. The van der Waals surface area contributed by atoms with Crippen molar-refractivity contribution < 1.29 is 17.2 Å². The topological polar surface area (TPSA) is 79.0 Å². The van der Waals surface area contributed by atoms with Crippen LogP contribution in [0.2, 0.25) is 0 Å². The number of nitrogens with one attached hydrogen (secondary N) is 1. The van der Waals surface area contributed by atoms with E-state index in [-0.39, 0.29) is 17.1 Å². The number of sulfonamides is 1. The molecule has 6 nitrogen and oxygen atoms in total. The third-order valence-corrected chi connectivity index (χ3v) is 5.82. The molecule has 2 heterocycles. The molecule has 138 valence electrons. The monoisotopic (exact) mass is 380 g/mol. The number of hydrogen-bond donors (Lipinski definition) is 1. The average Bonchev–Trinajstić information content (AvgIpc) is 2.99. The van der Waals surface area contributed by atoms with Crippen molar-refractivity contribution in [2.75, 3.05) is 10.1 Å². The molecule has 3 aromatic rings. The number of hydrogen-bond acceptors (Lipinski definition) is 4. The summed E-state index contributed by atoms with van der Waals surface area (Å²) in [4.78, 5) is 4.17. The molecule has 0 spiro atoms. The molecule has 26 heavy (non-hydrogen) atoms. The Morgan fingerprint density at radius 2 is 1.96 bits per heavy atom. The lowest BCUT2D eigenvalue weighted by molar-refractivity contribution is 0.578. The summed E-state index contributed by atoms with van der Waals surface area (Å²) in [6.45, 7) is 3.63. The number of benzene rings is 1. The van der Waals surface area contributed by atoms with Gasteiger partial charge in [-0.25, -0.2) is 26.5 Å². The van der Waals surface area contributed by atoms with Crippen molar-refractivity contribution in [2.24, 2.45) is 0 Å². The van der Waals surface area contributed by atoms with E-state index < -0.39 is 21.7 Å². The van der Waals surface area contributed by atoms with E-state index in [1.807, 2.05) is 6.92 Å². The lowest BCUT2D eigenvalue weighted by atomic mass is 10.2. The molecule has 0 fully saturated rings. The van der Waals surface area contributed by atoms with Gasteiger partial charge in [0.15, 0.2) is 11.5 Å². The Morgan fingerprint density at radius 3 is 2.62 bits per heavy atom. The fourth-order valence-electron chi connectivity index (χ4n) is 2.76. The molecule has 0 aliphatic heterocycles. The molecule has 0 aliphatic rings. The van der Waals surface area contributed by atoms with Gasteiger partial charge in [0.25, 0.3) is 0 Å². The summed E-state index contributed by atoms with van der Waals surface area (Å²) in [5.41, 5.74) is 1.16. The number of anilines is 2. The van der Waals surface area contributed by atoms with Gasteiger partial charge in [-0.15, -0.1) is 0 Å². The molecule has 9 heteroatoms. The number of nitrogens with zero attached hydrogens (tertiary/aromatic N) is 3. The Balaban J connectivity index is 2.23. The Morgan fingerprint density at radius 1 is 1.19 bits per heavy atom. The summed E-state index contributed by atoms with van der Waals surface area (Å²) < 4.78 is 54.2. The molecule has 2 aromatic heterocycles. The van der Waals surface area contributed by atoms with Gasteiger partial charge in [0.05, 0.1) is 23.3 Å². The second-order valence-corrected chi connectivity index (χ2v) is 7.73. The first-order valence-corrected chi connectivity index (χ1v) is 9.79. The lowest BCUT2D eigenvalue weighted by Gasteiger charge is -2.24. The van der Waals surface area contributed by atoms with Crippen molar-refractivity contribution in [3.8, 4) is 0 Å². The summed E-state index contributed by atoms with van der Waals surface area (Å²) >= 11 is 0. The van der Waals surface area contributed by atoms with Gasteiger partial charge < -0.3 is 0 Å². The molecule has 0 unspecified atom stereocenters. The number of halogens is 2. The van der Waals surface area contributed by atoms with Crippen LogP contribution in [0.25, 0.3) is 11.0 Å². The van der Waals surface area contributed by atoms with E-state index in [0.29, 0.717) is 29.9 Å². The maximum atomic E-state index is 14.4. The van der Waals surface area contributed by atoms with Gasteiger partial charge in [0.1, 0.15) is 5.82 Å². The van der Waals surface area contributed by atoms with Crippen molar-refractivity contribution in [3.63, 3.8) is 0 Å². The van der Waals surface area contributed by atoms with Crippen LogP contribution in [0.1, 0.15) is 26.0 Å². The summed E-state index contributed by atoms with van der Waals surface area (Å²) in [5.74, 6) is -1.93. The van der Waals surface area contributed by atoms with Crippen LogP contribution in [0.3, 0.4) is 0 Å². The highest BCUT2D eigenvalue weighted by Crippen LogP contribution is 2.33. The molecule has 0 atom stereocenters. The summed E-state index contributed by atoms with van der Waals surface area (Å²) in [6.07, 6.45) is 2.32. The molecule has 3 rings (SSSR count). The number of rotatable bonds is 6. The Bertz CT molecular complexity index is 1050. The van der Waals surface area contributed by atoms with Gasteiger partial charge >= 0.3 is 0 Å². The second-order valence-electron chi connectivity index (χ2n) is 5.80. The van der Waals surface area contributed by atoms with E-state index in [1.165, 1.54) is 6.20 Å². The van der Waals surface area contributed by atoms with Gasteiger partial charge in [-0.05, 0) is 31.0 Å². The highest BCUT2D eigenvalue weighted by atomic mass is 32.2. The largest absolute Gasteiger partial charge is 0.280 e. The van der Waals surface area contributed by atoms with Crippen molar-refractivity contribution in [3.05, 3.63) is 47.8 Å². The molecule has 0 saturated carbocycles. The number of H-pyrrole nitrogens is 1. The number of fused-ring (bicyclic) bond motifs is 1. The summed E-state index contributed by atoms with van der Waals surface area (Å²) in [6, 6.07) is 4.39. The zero-order chi connectivity index (χ0) is 18.9. The van der Waals surface area contributed by atoms with Gasteiger partial charge in [-0.1, -0.05) is 13.8 Å². The van der Waals surface area contributed by atoms with Crippen LogP contribution in [0.15, 0.2) is 30.5 Å². The first-order valence-electron chi connectivity index (χ1n) is 8.18. The highest BCUT2D eigenvalue weighted by molar-refractivity contribution is 7.93. The van der Waals surface area contributed by atoms with Crippen LogP contribution in [0.5, 0.6) is 0 Å². The van der Waals surface area contributed by atoms with E-state index in [9.17, 15) is 17.2 Å². The smallest absolute Gasteiger partial charge is 0.239 e. The first-order chi connectivity index (χ1) is 12.4. The zero-order valence-electron chi connectivity index (χ0n) is 14.3. The van der Waals surface area contributed by atoms with E-state index >= 15 is 0 Å². The molecule has 0 bridgehead atoms. The van der Waals surface area contributed by atoms with Crippen LogP contribution < -0.4 is 4.31 Å². The van der Waals surface area contributed by atoms with Crippen molar-refractivity contribution >= 4 is 32.4 Å². The number of aromatic amines is 1. The Labute approximate surface area is 149 Å². The van der Waals surface area contributed by atoms with Gasteiger partial charge in [0.2, 0.25) is 10.0 Å². The third kappa shape index (κ3) is 3.26. The minimum Gasteiger partial charge on any atom is -0.280 e. The predicted molar refractivity (Wildman–Crippen MR) is 95.8 cm³/mol. The highest BCUT2D eigenvalue weighted by Gasteiger charge is 2.27. The number of aryl methyl sites for hydroxylation is 1. The maximum absolute atomic E-state index is 14.4. The van der Waals surface area contributed by atoms with Crippen LogP contribution in [0.4, 0.5) is 20.2 Å². The van der Waals surface area contributed by atoms with E-state index in [0.717, 1.165) is 22.1 Å². The molecule has 0 amide bonds. The van der Waals surface area contributed by atoms with Crippen LogP contribution in [-0.2, 0) is 16.4 Å². The molecule has 0 radical (unpaired) electrons. The molecule has 0 saturated heterocycles. The number of pyridine rings is 1. The van der Waals surface area contributed by atoms with Crippen LogP contribution >= 0.6 is 0 Å². The normalized spacial score (nSPS) is 11.8. The minimum atomic E-state index is -3.88. The Kier molecular flexibility index (Phi) is 4.90. The van der Waals surface area contributed by atoms with Crippen molar-refractivity contribution in [1.82, 2.24) is 15.2 Å². The van der Waals surface area contributed by atoms with Crippen molar-refractivity contribution in [1.29, 1.82) is 0 Å². The first kappa shape index (κ1) is 18.2. The van der Waals surface area contributed by atoms with Gasteiger partial charge in [-0.2, -0.15) is 5.10 Å². The molecule has 1 aromatic carbocycles. The molecule has 0 aliphatic carbocycles. The minimum absolute atomic E-state index is 0.174. The van der Waals surface area contributed by atoms with E-state index in [2.05, 4.69) is 15.2 Å². The fraction of sp³-hybridized carbons (Fsp3) is 0.294. The van der Waals surface area contributed by atoms with E-state index in [1.54, 1.807) is 13.0 Å². The van der Waals surface area contributed by atoms with E-state index in [4.69, 9.17) is 0 Å². The fourth-order valence-corrected chi connectivity index (χ4v) is 4.33. The van der Waals surface area contributed by atoms with Crippen molar-refractivity contribution in [2.45, 2.75) is 26.7 Å². The summed E-state index contributed by atoms with van der Waals surface area (Å²) in [7, 11) is -3.88. The standard InChI is InChI=1S/C17H18F2N4O2S/c1-3-7-26(24,25)23(16-6-5-11(18)8-14(16)19)12-9-13-15(4-2)21-22-17(13)20-10-12/h5-6,8-10H,3-4,7H2,1-2H3,(H,20,21,22). The molecule has 1 N–H and O–H groups in total. The van der Waals surface area contributed by atoms with Crippen LogP contribution in [-0.4, -0.2) is 29.4 Å². The SMILES string of the molecule is CCCS(=O)(=O)N(c1cnc2n[nH]c(CC)c2c1)c1ccc(F)cc1F. The quantitative estimate of drug-likeness (QED) is 0.708. The van der Waals surface area contributed by atoms with Gasteiger partial charge in [0, 0.05) is 17.1 Å². The predicted octanol–water partition coefficient (Wildman–Crippen LogP) is 3.68. The molecular formula is C17H18F2N4O2S.